The van der Waals surface area contributed by atoms with Gasteiger partial charge < -0.3 is 10.0 Å². The van der Waals surface area contributed by atoms with Gasteiger partial charge in [-0.05, 0) is 25.1 Å². The van der Waals surface area contributed by atoms with Crippen molar-refractivity contribution in [1.82, 2.24) is 4.90 Å². The second kappa shape index (κ2) is 5.76. The summed E-state index contributed by atoms with van der Waals surface area (Å²) in [6.45, 7) is 1.54. The highest BCUT2D eigenvalue weighted by Gasteiger charge is 2.23. The molecule has 106 valence electrons. The third-order valence-electron chi connectivity index (χ3n) is 2.78. The lowest BCUT2D eigenvalue weighted by Crippen LogP contribution is -2.35. The largest absolute Gasteiger partial charge is 0.480 e. The molecule has 2 rings (SSSR count). The summed E-state index contributed by atoms with van der Waals surface area (Å²) in [7, 11) is 0. The first-order chi connectivity index (χ1) is 9.43. The first kappa shape index (κ1) is 14.7. The molecule has 1 aromatic heterocycles. The van der Waals surface area contributed by atoms with Crippen LogP contribution in [0.2, 0.25) is 5.02 Å². The Bertz CT molecular complexity index is 686. The Morgan fingerprint density at radius 2 is 2.15 bits per heavy atom. The van der Waals surface area contributed by atoms with Gasteiger partial charge in [0.25, 0.3) is 5.91 Å². The lowest BCUT2D eigenvalue weighted by molar-refractivity contribution is -0.137. The van der Waals surface area contributed by atoms with Crippen molar-refractivity contribution in [2.24, 2.45) is 0 Å². The Balaban J connectivity index is 2.43. The minimum absolute atomic E-state index is 0.232. The molecule has 1 aromatic carbocycles. The first-order valence-electron chi connectivity index (χ1n) is 5.82. The van der Waals surface area contributed by atoms with Crippen LogP contribution in [0, 0.1) is 5.82 Å². The van der Waals surface area contributed by atoms with Gasteiger partial charge in [0.1, 0.15) is 17.2 Å². The van der Waals surface area contributed by atoms with Gasteiger partial charge in [-0.2, -0.15) is 0 Å². The molecule has 0 radical (unpaired) electrons. The number of carboxylic acids is 1. The summed E-state index contributed by atoms with van der Waals surface area (Å²) < 4.78 is 13.7. The Hall–Kier alpha value is -1.66. The van der Waals surface area contributed by atoms with Crippen molar-refractivity contribution in [3.8, 4) is 0 Å². The van der Waals surface area contributed by atoms with E-state index in [9.17, 15) is 14.0 Å². The fraction of sp³-hybridized carbons (Fsp3) is 0.231. The number of likely N-dealkylation sites (N-methyl/N-ethyl adjacent to an activating group) is 1. The summed E-state index contributed by atoms with van der Waals surface area (Å²) in [6, 6.07) is 4.08. The maximum atomic E-state index is 13.2. The molecule has 7 heteroatoms. The summed E-state index contributed by atoms with van der Waals surface area (Å²) in [5, 5.41) is 9.61. The standard InChI is InChI=1S/C13H11ClFNO3S/c1-2-16(6-10(17)18)13(19)12-11(14)8-4-3-7(15)5-9(8)20-12/h3-5H,2,6H2,1H3,(H,17,18). The SMILES string of the molecule is CCN(CC(=O)O)C(=O)c1sc2cc(F)ccc2c1Cl. The molecule has 0 atom stereocenters. The summed E-state index contributed by atoms with van der Waals surface area (Å²) in [4.78, 5) is 24.4. The zero-order valence-electron chi connectivity index (χ0n) is 10.5. The number of carboxylic acid groups (broad SMARTS) is 1. The summed E-state index contributed by atoms with van der Waals surface area (Å²) in [5.74, 6) is -1.96. The topological polar surface area (TPSA) is 57.6 Å². The van der Waals surface area contributed by atoms with Crippen LogP contribution in [0.4, 0.5) is 4.39 Å². The maximum absolute atomic E-state index is 13.2. The highest BCUT2D eigenvalue weighted by molar-refractivity contribution is 7.21. The number of halogens is 2. The molecule has 1 heterocycles. The van der Waals surface area contributed by atoms with Crippen molar-refractivity contribution >= 4 is 44.9 Å². The normalized spacial score (nSPS) is 10.8. The number of carbonyl (C=O) groups excluding carboxylic acids is 1. The Kier molecular flexibility index (Phi) is 4.25. The van der Waals surface area contributed by atoms with E-state index in [1.54, 1.807) is 6.92 Å². The van der Waals surface area contributed by atoms with Crippen LogP contribution in [0.25, 0.3) is 10.1 Å². The number of aliphatic carboxylic acids is 1. The lowest BCUT2D eigenvalue weighted by atomic mass is 10.2. The van der Waals surface area contributed by atoms with Gasteiger partial charge in [0, 0.05) is 16.6 Å². The molecule has 0 saturated heterocycles. The predicted octanol–water partition coefficient (Wildman–Crippen LogP) is 3.24. The number of thiophene rings is 1. The molecule has 0 saturated carbocycles. The first-order valence-corrected chi connectivity index (χ1v) is 7.02. The lowest BCUT2D eigenvalue weighted by Gasteiger charge is -2.17. The van der Waals surface area contributed by atoms with Crippen molar-refractivity contribution in [2.75, 3.05) is 13.1 Å². The van der Waals surface area contributed by atoms with Crippen LogP contribution in [0.3, 0.4) is 0 Å². The van der Waals surface area contributed by atoms with E-state index in [0.29, 0.717) is 10.1 Å². The second-order valence-corrected chi connectivity index (χ2v) is 5.53. The van der Waals surface area contributed by atoms with E-state index < -0.39 is 24.2 Å². The second-order valence-electron chi connectivity index (χ2n) is 4.10. The van der Waals surface area contributed by atoms with Gasteiger partial charge >= 0.3 is 5.97 Å². The molecule has 0 aliphatic heterocycles. The fourth-order valence-electron chi connectivity index (χ4n) is 1.81. The smallest absolute Gasteiger partial charge is 0.323 e. The van der Waals surface area contributed by atoms with E-state index in [1.807, 2.05) is 0 Å². The van der Waals surface area contributed by atoms with Crippen LogP contribution in [0.1, 0.15) is 16.6 Å². The summed E-state index contributed by atoms with van der Waals surface area (Å²) in [5.41, 5.74) is 0. The molecule has 4 nitrogen and oxygen atoms in total. The molecular weight excluding hydrogens is 305 g/mol. The van der Waals surface area contributed by atoms with E-state index in [1.165, 1.54) is 23.1 Å². The van der Waals surface area contributed by atoms with Gasteiger partial charge in [-0.3, -0.25) is 9.59 Å². The molecule has 0 aliphatic carbocycles. The van der Waals surface area contributed by atoms with Crippen LogP contribution in [0.15, 0.2) is 18.2 Å². The van der Waals surface area contributed by atoms with Gasteiger partial charge in [-0.15, -0.1) is 11.3 Å². The average Bonchev–Trinajstić information content (AvgIpc) is 2.71. The number of benzene rings is 1. The number of amides is 1. The van der Waals surface area contributed by atoms with E-state index >= 15 is 0 Å². The molecule has 0 bridgehead atoms. The van der Waals surface area contributed by atoms with Crippen LogP contribution >= 0.6 is 22.9 Å². The van der Waals surface area contributed by atoms with Crippen molar-refractivity contribution in [3.63, 3.8) is 0 Å². The fourth-order valence-corrected chi connectivity index (χ4v) is 3.32. The summed E-state index contributed by atoms with van der Waals surface area (Å²) in [6.07, 6.45) is 0. The third-order valence-corrected chi connectivity index (χ3v) is 4.43. The van der Waals surface area contributed by atoms with Crippen LogP contribution < -0.4 is 0 Å². The average molecular weight is 316 g/mol. The van der Waals surface area contributed by atoms with E-state index in [2.05, 4.69) is 0 Å². The molecule has 1 amide bonds. The molecule has 0 fully saturated rings. The molecule has 0 spiro atoms. The monoisotopic (exact) mass is 315 g/mol. The number of hydrogen-bond donors (Lipinski definition) is 1. The van der Waals surface area contributed by atoms with Crippen LogP contribution in [-0.4, -0.2) is 35.0 Å². The number of rotatable bonds is 4. The maximum Gasteiger partial charge on any atom is 0.323 e. The molecule has 20 heavy (non-hydrogen) atoms. The van der Waals surface area contributed by atoms with Crippen molar-refractivity contribution in [1.29, 1.82) is 0 Å². The van der Waals surface area contributed by atoms with Gasteiger partial charge in [0.05, 0.1) is 5.02 Å². The quantitative estimate of drug-likeness (QED) is 0.942. The molecule has 1 N–H and O–H groups in total. The van der Waals surface area contributed by atoms with Gasteiger partial charge in [-0.25, -0.2) is 4.39 Å². The zero-order chi connectivity index (χ0) is 14.9. The van der Waals surface area contributed by atoms with Crippen molar-refractivity contribution in [3.05, 3.63) is 33.9 Å². The Morgan fingerprint density at radius 3 is 2.75 bits per heavy atom. The Labute approximate surface area is 123 Å². The van der Waals surface area contributed by atoms with Gasteiger partial charge in [0.2, 0.25) is 0 Å². The number of nitrogens with zero attached hydrogens (tertiary/aromatic N) is 1. The van der Waals surface area contributed by atoms with Crippen molar-refractivity contribution < 1.29 is 19.1 Å². The molecule has 0 unspecified atom stereocenters. The highest BCUT2D eigenvalue weighted by Crippen LogP contribution is 2.36. The highest BCUT2D eigenvalue weighted by atomic mass is 35.5. The zero-order valence-corrected chi connectivity index (χ0v) is 12.1. The van der Waals surface area contributed by atoms with Crippen LogP contribution in [0.5, 0.6) is 0 Å². The molecule has 0 aliphatic rings. The number of carbonyl (C=O) groups is 2. The number of fused-ring (bicyclic) bond motifs is 1. The van der Waals surface area contributed by atoms with Gasteiger partial charge in [0.15, 0.2) is 0 Å². The van der Waals surface area contributed by atoms with Gasteiger partial charge in [-0.1, -0.05) is 11.6 Å². The van der Waals surface area contributed by atoms with E-state index in [0.717, 1.165) is 11.3 Å². The minimum atomic E-state index is -1.09. The third kappa shape index (κ3) is 2.76. The number of hydrogen-bond acceptors (Lipinski definition) is 3. The van der Waals surface area contributed by atoms with E-state index in [4.69, 9.17) is 16.7 Å². The molecular formula is C13H11ClFNO3S. The molecule has 2 aromatic rings. The Morgan fingerprint density at radius 1 is 1.45 bits per heavy atom. The van der Waals surface area contributed by atoms with Crippen LogP contribution in [-0.2, 0) is 4.79 Å². The summed E-state index contributed by atoms with van der Waals surface area (Å²) >= 11 is 7.20. The van der Waals surface area contributed by atoms with Crippen molar-refractivity contribution in [2.45, 2.75) is 6.92 Å². The minimum Gasteiger partial charge on any atom is -0.480 e. The van der Waals surface area contributed by atoms with E-state index in [-0.39, 0.29) is 16.4 Å². The predicted molar refractivity (Wildman–Crippen MR) is 76.0 cm³/mol.